The van der Waals surface area contributed by atoms with E-state index in [1.807, 2.05) is 0 Å². The van der Waals surface area contributed by atoms with Crippen molar-refractivity contribution in [3.63, 3.8) is 0 Å². The predicted octanol–water partition coefficient (Wildman–Crippen LogP) is 9.66. The molecular formula is C31H27F7O2. The van der Waals surface area contributed by atoms with E-state index >= 15 is 0 Å². The smallest absolute Gasteiger partial charge is 0.409 e. The molecule has 0 aliphatic heterocycles. The number of ether oxygens (including phenoxy) is 1. The normalized spacial score (nSPS) is 17.8. The van der Waals surface area contributed by atoms with E-state index in [0.717, 1.165) is 62.8 Å². The summed E-state index contributed by atoms with van der Waals surface area (Å²) in [5.41, 5.74) is -1.25. The Labute approximate surface area is 227 Å². The van der Waals surface area contributed by atoms with Gasteiger partial charge >= 0.3 is 12.1 Å². The van der Waals surface area contributed by atoms with Crippen LogP contribution in [0.2, 0.25) is 0 Å². The lowest BCUT2D eigenvalue weighted by molar-refractivity contribution is -0.140. The van der Waals surface area contributed by atoms with Gasteiger partial charge in [0.25, 0.3) is 0 Å². The molecule has 1 aliphatic carbocycles. The first-order valence-electron chi connectivity index (χ1n) is 13.0. The lowest BCUT2D eigenvalue weighted by Gasteiger charge is -2.26. The maximum absolute atomic E-state index is 15.0. The molecule has 0 atom stereocenters. The molecule has 1 fully saturated rings. The fraction of sp³-hybridized carbons (Fsp3) is 0.323. The van der Waals surface area contributed by atoms with Gasteiger partial charge in [-0.3, -0.25) is 4.79 Å². The van der Waals surface area contributed by atoms with E-state index in [9.17, 15) is 35.5 Å². The van der Waals surface area contributed by atoms with Gasteiger partial charge in [-0.25, -0.2) is 17.6 Å². The average Bonchev–Trinajstić information content (AvgIpc) is 2.88. The number of esters is 1. The largest absolute Gasteiger partial charge is 0.426 e. The number of halogens is 7. The van der Waals surface area contributed by atoms with Crippen molar-refractivity contribution < 1.29 is 40.3 Å². The number of alkyl halides is 3. The molecule has 0 radical (unpaired) electrons. The van der Waals surface area contributed by atoms with Crippen LogP contribution in [-0.2, 0) is 4.79 Å². The van der Waals surface area contributed by atoms with Gasteiger partial charge in [-0.2, -0.15) is 13.2 Å². The number of hydrogen-bond acceptors (Lipinski definition) is 2. The first-order valence-corrected chi connectivity index (χ1v) is 13.0. The Kier molecular flexibility index (Phi) is 9.01. The van der Waals surface area contributed by atoms with Crippen LogP contribution in [0.25, 0.3) is 28.3 Å². The fourth-order valence-corrected chi connectivity index (χ4v) is 5.08. The Hall–Kier alpha value is -3.62. The van der Waals surface area contributed by atoms with E-state index in [1.165, 1.54) is 24.3 Å². The zero-order valence-corrected chi connectivity index (χ0v) is 21.6. The van der Waals surface area contributed by atoms with Gasteiger partial charge in [0.2, 0.25) is 0 Å². The second-order valence-corrected chi connectivity index (χ2v) is 9.99. The van der Waals surface area contributed by atoms with Gasteiger partial charge in [-0.1, -0.05) is 31.9 Å². The van der Waals surface area contributed by atoms with Gasteiger partial charge in [0.05, 0.1) is 5.92 Å². The molecule has 0 heterocycles. The van der Waals surface area contributed by atoms with E-state index in [1.54, 1.807) is 0 Å². The van der Waals surface area contributed by atoms with E-state index in [4.69, 9.17) is 4.74 Å². The molecule has 0 saturated heterocycles. The van der Waals surface area contributed by atoms with Gasteiger partial charge < -0.3 is 4.74 Å². The third-order valence-corrected chi connectivity index (χ3v) is 7.15. The molecular weight excluding hydrogens is 537 g/mol. The summed E-state index contributed by atoms with van der Waals surface area (Å²) in [6.45, 7) is 2.13. The summed E-state index contributed by atoms with van der Waals surface area (Å²) in [4.78, 5) is 12.6. The molecule has 3 aromatic rings. The summed E-state index contributed by atoms with van der Waals surface area (Å²) in [7, 11) is 0. The molecule has 9 heteroatoms. The van der Waals surface area contributed by atoms with Crippen molar-refractivity contribution in [3.05, 3.63) is 83.4 Å². The molecule has 2 nitrogen and oxygen atoms in total. The summed E-state index contributed by atoms with van der Waals surface area (Å²) in [6, 6.07) is 8.72. The molecule has 0 N–H and O–H groups in total. The Morgan fingerprint density at radius 3 is 1.98 bits per heavy atom. The van der Waals surface area contributed by atoms with E-state index in [-0.39, 0.29) is 46.1 Å². The van der Waals surface area contributed by atoms with Gasteiger partial charge in [0.15, 0.2) is 0 Å². The molecule has 3 aromatic carbocycles. The first-order chi connectivity index (χ1) is 18.9. The fourth-order valence-electron chi connectivity index (χ4n) is 5.08. The van der Waals surface area contributed by atoms with Crippen LogP contribution >= 0.6 is 0 Å². The highest BCUT2D eigenvalue weighted by Gasteiger charge is 2.28. The quantitative estimate of drug-likeness (QED) is 0.162. The molecule has 4 rings (SSSR count). The SMILES string of the molecule is CCCC1CCC(C(=O)Oc2ccc(-c3ccc(-c4cc(F)c(C=CC(F)(F)F)c(F)c4)c(F)c3)c(F)c2)CC1. The highest BCUT2D eigenvalue weighted by molar-refractivity contribution is 5.76. The van der Waals surface area contributed by atoms with E-state index in [2.05, 4.69) is 6.92 Å². The predicted molar refractivity (Wildman–Crippen MR) is 138 cm³/mol. The first kappa shape index (κ1) is 29.4. The van der Waals surface area contributed by atoms with Crippen LogP contribution in [0.15, 0.2) is 54.6 Å². The van der Waals surface area contributed by atoms with Crippen LogP contribution in [0.4, 0.5) is 30.7 Å². The Balaban J connectivity index is 1.49. The van der Waals surface area contributed by atoms with Gasteiger partial charge in [0.1, 0.15) is 29.0 Å². The Morgan fingerprint density at radius 1 is 0.825 bits per heavy atom. The van der Waals surface area contributed by atoms with Gasteiger partial charge in [0, 0.05) is 28.8 Å². The lowest BCUT2D eigenvalue weighted by atomic mass is 9.80. The second kappa shape index (κ2) is 12.3. The van der Waals surface area contributed by atoms with Crippen LogP contribution in [0, 0.1) is 35.1 Å². The van der Waals surface area contributed by atoms with Crippen molar-refractivity contribution in [1.82, 2.24) is 0 Å². The number of hydrogen-bond donors (Lipinski definition) is 0. The van der Waals surface area contributed by atoms with Gasteiger partial charge in [-0.05, 0) is 79.1 Å². The van der Waals surface area contributed by atoms with E-state index < -0.39 is 41.0 Å². The standard InChI is InChI=1S/C31H27F7O2/c1-2-3-18-4-6-19(7-5-18)30(39)40-22-9-11-23(29(35)17-22)20-8-10-24(26(32)14-20)21-15-27(33)25(28(34)16-21)12-13-31(36,37)38/h8-19H,2-7H2,1H3. The zero-order valence-electron chi connectivity index (χ0n) is 21.6. The monoisotopic (exact) mass is 564 g/mol. The molecule has 0 unspecified atom stereocenters. The molecule has 212 valence electrons. The summed E-state index contributed by atoms with van der Waals surface area (Å²) in [5.74, 6) is -4.28. The molecule has 1 aliphatic rings. The summed E-state index contributed by atoms with van der Waals surface area (Å²) in [5, 5.41) is 0. The zero-order chi connectivity index (χ0) is 29.0. The highest BCUT2D eigenvalue weighted by atomic mass is 19.4. The highest BCUT2D eigenvalue weighted by Crippen LogP contribution is 2.35. The molecule has 40 heavy (non-hydrogen) atoms. The van der Waals surface area contributed by atoms with E-state index in [0.29, 0.717) is 5.92 Å². The molecule has 0 spiro atoms. The van der Waals surface area contributed by atoms with Crippen molar-refractivity contribution in [2.75, 3.05) is 0 Å². The number of benzene rings is 3. The molecule has 1 saturated carbocycles. The third kappa shape index (κ3) is 7.11. The lowest BCUT2D eigenvalue weighted by Crippen LogP contribution is -2.25. The minimum atomic E-state index is -4.76. The number of rotatable bonds is 7. The van der Waals surface area contributed by atoms with Crippen molar-refractivity contribution in [2.45, 2.75) is 51.6 Å². The van der Waals surface area contributed by atoms with Gasteiger partial charge in [-0.15, -0.1) is 0 Å². The summed E-state index contributed by atoms with van der Waals surface area (Å²) in [6.07, 6.45) is 0.822. The maximum atomic E-state index is 15.0. The summed E-state index contributed by atoms with van der Waals surface area (Å²) >= 11 is 0. The minimum absolute atomic E-state index is 0.00956. The Bertz CT molecular complexity index is 1380. The number of carbonyl (C=O) groups is 1. The van der Waals surface area contributed by atoms with Crippen molar-refractivity contribution in [1.29, 1.82) is 0 Å². The van der Waals surface area contributed by atoms with Crippen molar-refractivity contribution in [3.8, 4) is 28.0 Å². The van der Waals surface area contributed by atoms with Crippen LogP contribution in [0.3, 0.4) is 0 Å². The maximum Gasteiger partial charge on any atom is 0.409 e. The van der Waals surface area contributed by atoms with Crippen LogP contribution in [0.5, 0.6) is 5.75 Å². The molecule has 0 bridgehead atoms. The average molecular weight is 565 g/mol. The Morgan fingerprint density at radius 2 is 1.40 bits per heavy atom. The van der Waals surface area contributed by atoms with Crippen molar-refractivity contribution in [2.24, 2.45) is 11.8 Å². The number of carbonyl (C=O) groups excluding carboxylic acids is 1. The minimum Gasteiger partial charge on any atom is -0.426 e. The second-order valence-electron chi connectivity index (χ2n) is 9.99. The summed E-state index contributed by atoms with van der Waals surface area (Å²) < 4.78 is 101. The topological polar surface area (TPSA) is 26.3 Å². The van der Waals surface area contributed by atoms with Crippen LogP contribution < -0.4 is 4.74 Å². The van der Waals surface area contributed by atoms with Crippen LogP contribution in [-0.4, -0.2) is 12.1 Å². The molecule has 0 amide bonds. The third-order valence-electron chi connectivity index (χ3n) is 7.15. The number of allylic oxidation sites excluding steroid dienone is 1. The van der Waals surface area contributed by atoms with Crippen molar-refractivity contribution >= 4 is 12.0 Å². The molecule has 0 aromatic heterocycles. The van der Waals surface area contributed by atoms with Crippen LogP contribution in [0.1, 0.15) is 51.0 Å².